The number of carbonyl (C=O) groups excluding carboxylic acids is 2. The highest BCUT2D eigenvalue weighted by molar-refractivity contribution is 5.94. The summed E-state index contributed by atoms with van der Waals surface area (Å²) in [6.45, 7) is 8.11. The van der Waals surface area contributed by atoms with Crippen LogP contribution in [-0.4, -0.2) is 17.9 Å². The predicted molar refractivity (Wildman–Crippen MR) is 66.7 cm³/mol. The number of rotatable bonds is 0. The summed E-state index contributed by atoms with van der Waals surface area (Å²) in [5.74, 6) is 0.923. The van der Waals surface area contributed by atoms with Gasteiger partial charge in [-0.2, -0.15) is 0 Å². The smallest absolute Gasteiger partial charge is 0.334 e. The lowest BCUT2D eigenvalue weighted by Gasteiger charge is -2.36. The molecule has 2 saturated carbocycles. The molecular formula is C15H20O3. The average molecular weight is 248 g/mol. The van der Waals surface area contributed by atoms with E-state index in [0.29, 0.717) is 23.8 Å². The van der Waals surface area contributed by atoms with Gasteiger partial charge in [-0.15, -0.1) is 0 Å². The minimum absolute atomic E-state index is 0.0528. The zero-order valence-corrected chi connectivity index (χ0v) is 11.1. The molecule has 5 atom stereocenters. The van der Waals surface area contributed by atoms with E-state index in [1.165, 1.54) is 0 Å². The van der Waals surface area contributed by atoms with Gasteiger partial charge in [-0.3, -0.25) is 4.79 Å². The highest BCUT2D eigenvalue weighted by Gasteiger charge is 2.60. The van der Waals surface area contributed by atoms with Crippen LogP contribution in [0, 0.1) is 23.2 Å². The Morgan fingerprint density at radius 2 is 2.00 bits per heavy atom. The van der Waals surface area contributed by atoms with Gasteiger partial charge >= 0.3 is 5.97 Å². The number of ether oxygens (including phenoxy) is 1. The molecule has 3 heteroatoms. The normalized spacial score (nSPS) is 47.6. The first-order chi connectivity index (χ1) is 8.46. The Bertz CT molecular complexity index is 439. The third kappa shape index (κ3) is 1.30. The van der Waals surface area contributed by atoms with Gasteiger partial charge in [0.2, 0.25) is 0 Å². The van der Waals surface area contributed by atoms with Crippen LogP contribution in [0.3, 0.4) is 0 Å². The van der Waals surface area contributed by atoms with Crippen molar-refractivity contribution < 1.29 is 14.3 Å². The first-order valence-electron chi connectivity index (χ1n) is 6.89. The van der Waals surface area contributed by atoms with Crippen molar-refractivity contribution in [1.82, 2.24) is 0 Å². The number of hydrogen-bond donors (Lipinski definition) is 0. The largest absolute Gasteiger partial charge is 0.457 e. The second-order valence-corrected chi connectivity index (χ2v) is 6.36. The minimum Gasteiger partial charge on any atom is -0.457 e. The van der Waals surface area contributed by atoms with Gasteiger partial charge in [0.15, 0.2) is 0 Å². The van der Waals surface area contributed by atoms with Crippen LogP contribution in [-0.2, 0) is 14.3 Å². The second kappa shape index (κ2) is 3.69. The number of esters is 1. The Hall–Kier alpha value is -1.12. The van der Waals surface area contributed by atoms with Crippen LogP contribution in [0.15, 0.2) is 12.2 Å². The van der Waals surface area contributed by atoms with Crippen LogP contribution in [0.4, 0.5) is 0 Å². The van der Waals surface area contributed by atoms with Crippen molar-refractivity contribution in [1.29, 1.82) is 0 Å². The molecule has 3 fully saturated rings. The maximum atomic E-state index is 12.4. The molecule has 2 aliphatic carbocycles. The van der Waals surface area contributed by atoms with Crippen molar-refractivity contribution in [3.05, 3.63) is 12.2 Å². The summed E-state index contributed by atoms with van der Waals surface area (Å²) in [4.78, 5) is 24.1. The maximum Gasteiger partial charge on any atom is 0.334 e. The third-order valence-electron chi connectivity index (χ3n) is 5.57. The average Bonchev–Trinajstić information content (AvgIpc) is 2.75. The van der Waals surface area contributed by atoms with Gasteiger partial charge in [-0.1, -0.05) is 13.5 Å². The number of fused-ring (bicyclic) bond motifs is 3. The highest BCUT2D eigenvalue weighted by Crippen LogP contribution is 2.56. The summed E-state index contributed by atoms with van der Waals surface area (Å²) in [6.07, 6.45) is 3.31. The summed E-state index contributed by atoms with van der Waals surface area (Å²) in [7, 11) is 0. The number of ketones is 1. The van der Waals surface area contributed by atoms with E-state index in [-0.39, 0.29) is 23.8 Å². The molecule has 1 saturated heterocycles. The van der Waals surface area contributed by atoms with Crippen LogP contribution in [0.5, 0.6) is 0 Å². The van der Waals surface area contributed by atoms with Gasteiger partial charge in [0.05, 0.1) is 5.41 Å². The molecule has 18 heavy (non-hydrogen) atoms. The molecule has 0 bridgehead atoms. The summed E-state index contributed by atoms with van der Waals surface area (Å²) < 4.78 is 5.53. The fourth-order valence-electron chi connectivity index (χ4n) is 4.42. The van der Waals surface area contributed by atoms with E-state index in [1.807, 2.05) is 6.92 Å². The molecule has 0 aromatic heterocycles. The molecule has 0 spiro atoms. The summed E-state index contributed by atoms with van der Waals surface area (Å²) >= 11 is 0. The summed E-state index contributed by atoms with van der Waals surface area (Å²) in [6, 6.07) is 0. The third-order valence-corrected chi connectivity index (χ3v) is 5.57. The fourth-order valence-corrected chi connectivity index (χ4v) is 4.42. The van der Waals surface area contributed by atoms with E-state index in [9.17, 15) is 9.59 Å². The van der Waals surface area contributed by atoms with Gasteiger partial charge in [0.25, 0.3) is 0 Å². The lowest BCUT2D eigenvalue weighted by Crippen LogP contribution is -2.44. The molecule has 0 radical (unpaired) electrons. The molecule has 0 unspecified atom stereocenters. The Labute approximate surface area is 108 Å². The van der Waals surface area contributed by atoms with Gasteiger partial charge < -0.3 is 4.74 Å². The van der Waals surface area contributed by atoms with Crippen molar-refractivity contribution >= 4 is 11.8 Å². The van der Waals surface area contributed by atoms with Gasteiger partial charge in [0.1, 0.15) is 11.9 Å². The topological polar surface area (TPSA) is 43.4 Å². The minimum atomic E-state index is -0.477. The van der Waals surface area contributed by atoms with Crippen LogP contribution >= 0.6 is 0 Å². The molecule has 3 aliphatic rings. The van der Waals surface area contributed by atoms with Crippen molar-refractivity contribution in [3.63, 3.8) is 0 Å². The lowest BCUT2D eigenvalue weighted by molar-refractivity contribution is -0.151. The summed E-state index contributed by atoms with van der Waals surface area (Å²) in [5.41, 5.74) is 0.101. The van der Waals surface area contributed by atoms with Gasteiger partial charge in [0, 0.05) is 17.9 Å². The lowest BCUT2D eigenvalue weighted by atomic mass is 9.68. The number of Topliss-reactive ketones (excluding diaryl/α,β-unsaturated/α-hetero) is 1. The van der Waals surface area contributed by atoms with E-state index < -0.39 is 5.41 Å². The van der Waals surface area contributed by atoms with Crippen molar-refractivity contribution in [2.24, 2.45) is 23.2 Å². The van der Waals surface area contributed by atoms with Crippen LogP contribution in [0.2, 0.25) is 0 Å². The molecule has 0 amide bonds. The molecule has 0 N–H and O–H groups in total. The standard InChI is InChI=1S/C15H20O3/c1-8-4-5-10-9(2)14(17)18-13(10)15(3)11(8)6-7-12(15)16/h8,10-11,13H,2,4-7H2,1,3H3/t8-,10+,11+,13-,15+/m0/s1. The zero-order valence-electron chi connectivity index (χ0n) is 11.1. The number of carbonyl (C=O) groups is 2. The van der Waals surface area contributed by atoms with E-state index in [2.05, 4.69) is 13.5 Å². The Morgan fingerprint density at radius 1 is 1.28 bits per heavy atom. The Morgan fingerprint density at radius 3 is 2.72 bits per heavy atom. The highest BCUT2D eigenvalue weighted by atomic mass is 16.6. The van der Waals surface area contributed by atoms with Crippen LogP contribution in [0.25, 0.3) is 0 Å². The van der Waals surface area contributed by atoms with Crippen LogP contribution in [0.1, 0.15) is 39.5 Å². The first kappa shape index (κ1) is 11.9. The van der Waals surface area contributed by atoms with Crippen molar-refractivity contribution in [2.45, 2.75) is 45.6 Å². The van der Waals surface area contributed by atoms with E-state index >= 15 is 0 Å². The van der Waals surface area contributed by atoms with Gasteiger partial charge in [-0.05, 0) is 38.0 Å². The van der Waals surface area contributed by atoms with Crippen LogP contribution < -0.4 is 0 Å². The predicted octanol–water partition coefficient (Wildman–Crippen LogP) is 2.50. The van der Waals surface area contributed by atoms with E-state index in [4.69, 9.17) is 4.74 Å². The molecule has 0 aromatic carbocycles. The van der Waals surface area contributed by atoms with E-state index in [1.54, 1.807) is 0 Å². The zero-order chi connectivity index (χ0) is 13.1. The van der Waals surface area contributed by atoms with Crippen molar-refractivity contribution in [2.75, 3.05) is 0 Å². The molecular weight excluding hydrogens is 228 g/mol. The monoisotopic (exact) mass is 248 g/mol. The summed E-state index contributed by atoms with van der Waals surface area (Å²) in [5, 5.41) is 0. The molecule has 3 rings (SSSR count). The molecule has 1 heterocycles. The molecule has 98 valence electrons. The SMILES string of the molecule is C=C1C(=O)O[C@H]2[C@@H]1CC[C@H](C)[C@H]1CCC(=O)[C@@]12C. The molecule has 3 nitrogen and oxygen atoms in total. The fraction of sp³-hybridized carbons (Fsp3) is 0.733. The van der Waals surface area contributed by atoms with Crippen molar-refractivity contribution in [3.8, 4) is 0 Å². The Balaban J connectivity index is 2.07. The maximum absolute atomic E-state index is 12.4. The molecule has 1 aliphatic heterocycles. The van der Waals surface area contributed by atoms with Gasteiger partial charge in [-0.25, -0.2) is 4.79 Å². The van der Waals surface area contributed by atoms with E-state index in [0.717, 1.165) is 19.3 Å². The molecule has 0 aromatic rings. The first-order valence-corrected chi connectivity index (χ1v) is 6.89. The quantitative estimate of drug-likeness (QED) is 0.488. The number of hydrogen-bond acceptors (Lipinski definition) is 3. The second-order valence-electron chi connectivity index (χ2n) is 6.36. The Kier molecular flexibility index (Phi) is 2.45.